The quantitative estimate of drug-likeness (QED) is 0.408. The van der Waals surface area contributed by atoms with Crippen molar-refractivity contribution in [3.8, 4) is 17.3 Å². The standard InChI is InChI=1S/C22H15F3N8O2/c1-35-18-10-13(11-27-20(18)33-28-8-9-29-33)31-21(34)15-12-30-32(19(15)22(23,24)25)17-6-2-5-16-14(17)4-3-7-26-16/h2-12H,1H3,(H,31,34). The number of carbonyl (C=O) groups is 1. The molecular formula is C22H15F3N8O2. The molecule has 0 bridgehead atoms. The molecule has 0 aliphatic carbocycles. The molecule has 1 amide bonds. The summed E-state index contributed by atoms with van der Waals surface area (Å²) in [6.45, 7) is 0. The van der Waals surface area contributed by atoms with Crippen LogP contribution in [0, 0.1) is 0 Å². The Kier molecular flexibility index (Phi) is 5.35. The van der Waals surface area contributed by atoms with Crippen LogP contribution in [-0.2, 0) is 6.18 Å². The van der Waals surface area contributed by atoms with E-state index in [1.807, 2.05) is 0 Å². The molecule has 0 saturated carbocycles. The van der Waals surface area contributed by atoms with E-state index in [9.17, 15) is 18.0 Å². The van der Waals surface area contributed by atoms with Gasteiger partial charge in [0.1, 0.15) is 0 Å². The molecule has 0 spiro atoms. The maximum absolute atomic E-state index is 14.2. The molecule has 10 nitrogen and oxygen atoms in total. The molecule has 0 radical (unpaired) electrons. The van der Waals surface area contributed by atoms with Crippen LogP contribution in [0.1, 0.15) is 16.1 Å². The lowest BCUT2D eigenvalue weighted by atomic mass is 10.1. The summed E-state index contributed by atoms with van der Waals surface area (Å²) < 4.78 is 48.4. The van der Waals surface area contributed by atoms with Crippen molar-refractivity contribution in [1.29, 1.82) is 0 Å². The molecule has 13 heteroatoms. The van der Waals surface area contributed by atoms with Gasteiger partial charge < -0.3 is 10.1 Å². The van der Waals surface area contributed by atoms with Crippen LogP contribution in [0.3, 0.4) is 0 Å². The Morgan fingerprint density at radius 2 is 1.80 bits per heavy atom. The zero-order valence-corrected chi connectivity index (χ0v) is 17.9. The molecule has 0 unspecified atom stereocenters. The smallest absolute Gasteiger partial charge is 0.434 e. The second-order valence-corrected chi connectivity index (χ2v) is 7.19. The second kappa shape index (κ2) is 8.52. The fourth-order valence-corrected chi connectivity index (χ4v) is 3.57. The van der Waals surface area contributed by atoms with Crippen LogP contribution in [0.5, 0.6) is 5.75 Å². The van der Waals surface area contributed by atoms with Gasteiger partial charge in [-0.1, -0.05) is 6.07 Å². The summed E-state index contributed by atoms with van der Waals surface area (Å²) in [4.78, 5) is 22.4. The molecule has 0 fully saturated rings. The van der Waals surface area contributed by atoms with Gasteiger partial charge in [0.2, 0.25) is 5.82 Å². The maximum Gasteiger partial charge on any atom is 0.434 e. The second-order valence-electron chi connectivity index (χ2n) is 7.19. The van der Waals surface area contributed by atoms with Crippen LogP contribution in [0.25, 0.3) is 22.4 Å². The molecule has 1 N–H and O–H groups in total. The first-order chi connectivity index (χ1) is 16.9. The van der Waals surface area contributed by atoms with Gasteiger partial charge in [-0.2, -0.15) is 28.5 Å². The van der Waals surface area contributed by atoms with Crippen molar-refractivity contribution in [3.63, 3.8) is 0 Å². The van der Waals surface area contributed by atoms with Crippen LogP contribution < -0.4 is 10.1 Å². The topological polar surface area (TPSA) is 113 Å². The fourth-order valence-electron chi connectivity index (χ4n) is 3.57. The van der Waals surface area contributed by atoms with Gasteiger partial charge in [-0.15, -0.1) is 4.80 Å². The number of rotatable bonds is 5. The number of halogens is 3. The summed E-state index contributed by atoms with van der Waals surface area (Å²) in [6, 6.07) is 9.36. The van der Waals surface area contributed by atoms with Gasteiger partial charge in [0.15, 0.2) is 11.4 Å². The zero-order chi connectivity index (χ0) is 24.6. The molecule has 35 heavy (non-hydrogen) atoms. The number of hydrogen-bond donors (Lipinski definition) is 1. The van der Waals surface area contributed by atoms with E-state index in [-0.39, 0.29) is 22.9 Å². The van der Waals surface area contributed by atoms with Crippen LogP contribution in [-0.4, -0.2) is 47.8 Å². The first kappa shape index (κ1) is 22.0. The van der Waals surface area contributed by atoms with Crippen molar-refractivity contribution in [2.45, 2.75) is 6.18 Å². The third-order valence-electron chi connectivity index (χ3n) is 5.05. The number of methoxy groups -OCH3 is 1. The lowest BCUT2D eigenvalue weighted by molar-refractivity contribution is -0.143. The van der Waals surface area contributed by atoms with Crippen molar-refractivity contribution in [1.82, 2.24) is 34.7 Å². The highest BCUT2D eigenvalue weighted by Crippen LogP contribution is 2.35. The van der Waals surface area contributed by atoms with Crippen LogP contribution in [0.15, 0.2) is 67.4 Å². The zero-order valence-electron chi connectivity index (χ0n) is 17.9. The average molecular weight is 480 g/mol. The number of pyridine rings is 2. The molecule has 0 aliphatic heterocycles. The minimum atomic E-state index is -4.88. The number of benzene rings is 1. The molecular weight excluding hydrogens is 465 g/mol. The monoisotopic (exact) mass is 480 g/mol. The van der Waals surface area contributed by atoms with E-state index in [4.69, 9.17) is 4.74 Å². The number of fused-ring (bicyclic) bond motifs is 1. The molecule has 0 saturated heterocycles. The molecule has 176 valence electrons. The molecule has 1 aromatic carbocycles. The number of anilines is 1. The predicted molar refractivity (Wildman–Crippen MR) is 118 cm³/mol. The minimum absolute atomic E-state index is 0.109. The number of nitrogens with one attached hydrogen (secondary N) is 1. The van der Waals surface area contributed by atoms with Crippen molar-refractivity contribution in [2.75, 3.05) is 12.4 Å². The molecule has 0 atom stereocenters. The molecule has 4 heterocycles. The summed E-state index contributed by atoms with van der Waals surface area (Å²) in [5.74, 6) is -0.575. The Balaban J connectivity index is 1.53. The van der Waals surface area contributed by atoms with Crippen molar-refractivity contribution in [2.24, 2.45) is 0 Å². The van der Waals surface area contributed by atoms with E-state index >= 15 is 0 Å². The Morgan fingerprint density at radius 1 is 1.00 bits per heavy atom. The Morgan fingerprint density at radius 3 is 2.54 bits per heavy atom. The van der Waals surface area contributed by atoms with E-state index in [0.29, 0.717) is 15.6 Å². The number of carbonyl (C=O) groups excluding carboxylic acids is 1. The molecule has 0 aliphatic rings. The summed E-state index contributed by atoms with van der Waals surface area (Å²) in [6.07, 6.45) is 1.68. The lowest BCUT2D eigenvalue weighted by Crippen LogP contribution is -2.21. The SMILES string of the molecule is COc1cc(NC(=O)c2cnn(-c3cccc4ncccc34)c2C(F)(F)F)cnc1-n1nccn1. The highest BCUT2D eigenvalue weighted by Gasteiger charge is 2.41. The van der Waals surface area contributed by atoms with E-state index in [2.05, 4.69) is 30.6 Å². The van der Waals surface area contributed by atoms with Crippen LogP contribution in [0.2, 0.25) is 0 Å². The van der Waals surface area contributed by atoms with E-state index < -0.39 is 23.3 Å². The fraction of sp³-hybridized carbons (Fsp3) is 0.0909. The van der Waals surface area contributed by atoms with Gasteiger partial charge in [0.25, 0.3) is 5.91 Å². The normalized spacial score (nSPS) is 11.5. The average Bonchev–Trinajstić information content (AvgIpc) is 3.54. The summed E-state index contributed by atoms with van der Waals surface area (Å²) in [5.41, 5.74) is -1.14. The lowest BCUT2D eigenvalue weighted by Gasteiger charge is -2.14. The molecule has 4 aromatic heterocycles. The van der Waals surface area contributed by atoms with E-state index in [1.165, 1.54) is 48.8 Å². The summed E-state index contributed by atoms with van der Waals surface area (Å²) >= 11 is 0. The first-order valence-electron chi connectivity index (χ1n) is 10.1. The van der Waals surface area contributed by atoms with Crippen molar-refractivity contribution >= 4 is 22.5 Å². The molecule has 5 rings (SSSR count). The first-order valence-corrected chi connectivity index (χ1v) is 10.1. The minimum Gasteiger partial charge on any atom is -0.493 e. The third kappa shape index (κ3) is 4.03. The summed E-state index contributed by atoms with van der Waals surface area (Å²) in [5, 5.41) is 14.7. The number of ether oxygens (including phenoxy) is 1. The highest BCUT2D eigenvalue weighted by atomic mass is 19.4. The van der Waals surface area contributed by atoms with Crippen LogP contribution >= 0.6 is 0 Å². The Hall–Kier alpha value is -4.81. The van der Waals surface area contributed by atoms with E-state index in [1.54, 1.807) is 24.3 Å². The van der Waals surface area contributed by atoms with Gasteiger partial charge >= 0.3 is 6.18 Å². The number of aromatic nitrogens is 7. The largest absolute Gasteiger partial charge is 0.493 e. The number of hydrogen-bond acceptors (Lipinski definition) is 7. The maximum atomic E-state index is 14.2. The van der Waals surface area contributed by atoms with Gasteiger partial charge in [0.05, 0.1) is 54.4 Å². The highest BCUT2D eigenvalue weighted by molar-refractivity contribution is 6.05. The Bertz CT molecular complexity index is 1520. The number of nitrogens with zero attached hydrogens (tertiary/aromatic N) is 7. The van der Waals surface area contributed by atoms with Crippen LogP contribution in [0.4, 0.5) is 18.9 Å². The van der Waals surface area contributed by atoms with Gasteiger partial charge in [0, 0.05) is 17.6 Å². The molecule has 5 aromatic rings. The number of alkyl halides is 3. The number of amides is 1. The van der Waals surface area contributed by atoms with E-state index in [0.717, 1.165) is 6.20 Å². The van der Waals surface area contributed by atoms with Gasteiger partial charge in [-0.05, 0) is 24.3 Å². The van der Waals surface area contributed by atoms with Gasteiger partial charge in [-0.25, -0.2) is 9.67 Å². The third-order valence-corrected chi connectivity index (χ3v) is 5.05. The van der Waals surface area contributed by atoms with Gasteiger partial charge in [-0.3, -0.25) is 9.78 Å². The predicted octanol–water partition coefficient (Wildman–Crippen LogP) is 3.68. The summed E-state index contributed by atoms with van der Waals surface area (Å²) in [7, 11) is 1.38. The van der Waals surface area contributed by atoms with Crippen molar-refractivity contribution < 1.29 is 22.7 Å². The Labute approximate surface area is 195 Å². The van der Waals surface area contributed by atoms with Crippen molar-refractivity contribution in [3.05, 3.63) is 78.6 Å².